The fraction of sp³-hybridized carbons (Fsp3) is 0.188. The first kappa shape index (κ1) is 10.3. The largest absolute Gasteiger partial charge is 0.253 e. The molecule has 84 valence electrons. The summed E-state index contributed by atoms with van der Waals surface area (Å²) in [7, 11) is 0. The third-order valence-electron chi connectivity index (χ3n) is 3.35. The summed E-state index contributed by atoms with van der Waals surface area (Å²) in [4.78, 5) is 4.76. The average molecular weight is 221 g/mol. The number of aliphatic imine (C=N–C) groups is 1. The number of para-hydroxylation sites is 1. The molecule has 1 aliphatic rings. The van der Waals surface area contributed by atoms with Crippen molar-refractivity contribution in [3.63, 3.8) is 0 Å². The van der Waals surface area contributed by atoms with Gasteiger partial charge in [0.2, 0.25) is 0 Å². The number of nitrogens with zero attached hydrogens (tertiary/aromatic N) is 1. The molecule has 1 heterocycles. The molecule has 0 spiro atoms. The summed E-state index contributed by atoms with van der Waals surface area (Å²) in [6.45, 7) is 2.10. The number of rotatable bonds is 0. The molecule has 0 saturated heterocycles. The second kappa shape index (κ2) is 4.17. The molecular formula is C16H15N. The fourth-order valence-corrected chi connectivity index (χ4v) is 2.43. The zero-order valence-corrected chi connectivity index (χ0v) is 9.98. The smallest absolute Gasteiger partial charge is 0.0665 e. The molecule has 17 heavy (non-hydrogen) atoms. The van der Waals surface area contributed by atoms with Gasteiger partial charge in [-0.05, 0) is 42.5 Å². The average Bonchev–Trinajstić information content (AvgIpc) is 2.36. The fourth-order valence-electron chi connectivity index (χ4n) is 2.43. The van der Waals surface area contributed by atoms with Gasteiger partial charge in [-0.1, -0.05) is 42.5 Å². The summed E-state index contributed by atoms with van der Waals surface area (Å²) >= 11 is 0. The Labute approximate surface area is 102 Å². The molecule has 0 aromatic heterocycles. The van der Waals surface area contributed by atoms with Crippen LogP contribution in [0, 0.1) is 0 Å². The molecular weight excluding hydrogens is 206 g/mol. The Morgan fingerprint density at radius 2 is 1.47 bits per heavy atom. The number of aryl methyl sites for hydroxylation is 2. The van der Waals surface area contributed by atoms with Crippen LogP contribution < -0.4 is 0 Å². The normalized spacial score (nSPS) is 14.1. The van der Waals surface area contributed by atoms with Crippen LogP contribution >= 0.6 is 0 Å². The van der Waals surface area contributed by atoms with Crippen LogP contribution in [0.3, 0.4) is 0 Å². The van der Waals surface area contributed by atoms with Crippen LogP contribution in [0.5, 0.6) is 0 Å². The van der Waals surface area contributed by atoms with Crippen molar-refractivity contribution in [3.05, 3.63) is 65.2 Å². The van der Waals surface area contributed by atoms with Crippen LogP contribution in [0.25, 0.3) is 0 Å². The van der Waals surface area contributed by atoms with Gasteiger partial charge in [-0.25, -0.2) is 0 Å². The molecule has 0 unspecified atom stereocenters. The molecule has 1 nitrogen and oxygen atoms in total. The van der Waals surface area contributed by atoms with Crippen LogP contribution in [0.2, 0.25) is 0 Å². The second-order valence-corrected chi connectivity index (χ2v) is 4.48. The summed E-state index contributed by atoms with van der Waals surface area (Å²) in [5, 5.41) is 0. The molecule has 2 aromatic rings. The van der Waals surface area contributed by atoms with Gasteiger partial charge in [0.1, 0.15) is 0 Å². The predicted molar refractivity (Wildman–Crippen MR) is 72.2 cm³/mol. The van der Waals surface area contributed by atoms with Gasteiger partial charge in [0.05, 0.1) is 5.69 Å². The molecule has 0 fully saturated rings. The van der Waals surface area contributed by atoms with Crippen molar-refractivity contribution < 1.29 is 0 Å². The monoisotopic (exact) mass is 221 g/mol. The van der Waals surface area contributed by atoms with Gasteiger partial charge in [0, 0.05) is 5.71 Å². The van der Waals surface area contributed by atoms with Crippen LogP contribution in [-0.4, -0.2) is 5.71 Å². The number of hydrogen-bond acceptors (Lipinski definition) is 1. The van der Waals surface area contributed by atoms with E-state index in [-0.39, 0.29) is 0 Å². The van der Waals surface area contributed by atoms with Crippen molar-refractivity contribution in [1.82, 2.24) is 0 Å². The summed E-state index contributed by atoms with van der Waals surface area (Å²) in [5.74, 6) is 0. The predicted octanol–water partition coefficient (Wildman–Crippen LogP) is 3.93. The van der Waals surface area contributed by atoms with E-state index in [4.69, 9.17) is 4.99 Å². The molecule has 3 rings (SSSR count). The van der Waals surface area contributed by atoms with E-state index in [1.54, 1.807) is 0 Å². The van der Waals surface area contributed by atoms with Crippen molar-refractivity contribution in [3.8, 4) is 0 Å². The Kier molecular flexibility index (Phi) is 2.52. The maximum atomic E-state index is 4.76. The standard InChI is InChI=1S/C16H15N/c1-12-15-8-4-2-6-13(15)10-11-14-7-3-5-9-16(14)17-12/h2-9H,10-11H2,1H3. The van der Waals surface area contributed by atoms with Crippen LogP contribution in [0.15, 0.2) is 53.5 Å². The Morgan fingerprint density at radius 1 is 0.824 bits per heavy atom. The summed E-state index contributed by atoms with van der Waals surface area (Å²) < 4.78 is 0. The van der Waals surface area contributed by atoms with Crippen molar-refractivity contribution in [2.45, 2.75) is 19.8 Å². The van der Waals surface area contributed by atoms with E-state index in [1.165, 1.54) is 16.7 Å². The second-order valence-electron chi connectivity index (χ2n) is 4.48. The highest BCUT2D eigenvalue weighted by Gasteiger charge is 2.10. The van der Waals surface area contributed by atoms with Gasteiger partial charge < -0.3 is 0 Å². The minimum absolute atomic E-state index is 1.07. The first-order valence-electron chi connectivity index (χ1n) is 6.06. The lowest BCUT2D eigenvalue weighted by Gasteiger charge is -2.14. The lowest BCUT2D eigenvalue weighted by atomic mass is 9.95. The van der Waals surface area contributed by atoms with Gasteiger partial charge in [0.25, 0.3) is 0 Å². The maximum absolute atomic E-state index is 4.76. The van der Waals surface area contributed by atoms with Crippen LogP contribution in [-0.2, 0) is 12.8 Å². The van der Waals surface area contributed by atoms with Crippen molar-refractivity contribution in [1.29, 1.82) is 0 Å². The molecule has 0 bridgehead atoms. The third kappa shape index (κ3) is 1.89. The summed E-state index contributed by atoms with van der Waals surface area (Å²) in [6, 6.07) is 17.0. The number of benzene rings is 2. The van der Waals surface area contributed by atoms with Gasteiger partial charge in [-0.3, -0.25) is 4.99 Å². The zero-order valence-electron chi connectivity index (χ0n) is 9.98. The van der Waals surface area contributed by atoms with Crippen molar-refractivity contribution in [2.24, 2.45) is 4.99 Å². The lowest BCUT2D eigenvalue weighted by Crippen LogP contribution is -2.05. The highest BCUT2D eigenvalue weighted by atomic mass is 14.7. The minimum atomic E-state index is 1.07. The SMILES string of the molecule is CC1=Nc2ccccc2CCc2ccccc21. The Morgan fingerprint density at radius 3 is 2.35 bits per heavy atom. The molecule has 0 amide bonds. The minimum Gasteiger partial charge on any atom is -0.253 e. The van der Waals surface area contributed by atoms with Crippen molar-refractivity contribution >= 4 is 11.4 Å². The topological polar surface area (TPSA) is 12.4 Å². The molecule has 0 N–H and O–H groups in total. The Bertz CT molecular complexity index is 582. The first-order valence-corrected chi connectivity index (χ1v) is 6.06. The van der Waals surface area contributed by atoms with E-state index in [9.17, 15) is 0 Å². The highest BCUT2D eigenvalue weighted by molar-refractivity contribution is 6.01. The molecule has 0 aliphatic carbocycles. The molecule has 0 radical (unpaired) electrons. The van der Waals surface area contributed by atoms with Crippen molar-refractivity contribution in [2.75, 3.05) is 0 Å². The van der Waals surface area contributed by atoms with Gasteiger partial charge in [-0.2, -0.15) is 0 Å². The van der Waals surface area contributed by atoms with E-state index >= 15 is 0 Å². The Hall–Kier alpha value is -1.89. The number of hydrogen-bond donors (Lipinski definition) is 0. The first-order chi connectivity index (χ1) is 8.34. The molecule has 2 aromatic carbocycles. The van der Waals surface area contributed by atoms with Gasteiger partial charge in [-0.15, -0.1) is 0 Å². The molecule has 1 aliphatic heterocycles. The third-order valence-corrected chi connectivity index (χ3v) is 3.35. The van der Waals surface area contributed by atoms with E-state index in [0.717, 1.165) is 24.2 Å². The van der Waals surface area contributed by atoms with Crippen LogP contribution in [0.4, 0.5) is 5.69 Å². The van der Waals surface area contributed by atoms with E-state index in [0.29, 0.717) is 0 Å². The zero-order chi connectivity index (χ0) is 11.7. The van der Waals surface area contributed by atoms with Crippen LogP contribution in [0.1, 0.15) is 23.6 Å². The lowest BCUT2D eigenvalue weighted by molar-refractivity contribution is 0.951. The maximum Gasteiger partial charge on any atom is 0.0665 e. The summed E-state index contributed by atoms with van der Waals surface area (Å²) in [5.41, 5.74) is 6.29. The summed E-state index contributed by atoms with van der Waals surface area (Å²) in [6.07, 6.45) is 2.17. The quantitative estimate of drug-likeness (QED) is 0.639. The molecule has 1 heteroatoms. The van der Waals surface area contributed by atoms with E-state index in [1.807, 2.05) is 0 Å². The molecule has 0 atom stereocenters. The van der Waals surface area contributed by atoms with E-state index < -0.39 is 0 Å². The van der Waals surface area contributed by atoms with E-state index in [2.05, 4.69) is 55.5 Å². The van der Waals surface area contributed by atoms with Gasteiger partial charge >= 0.3 is 0 Å². The highest BCUT2D eigenvalue weighted by Crippen LogP contribution is 2.25. The Balaban J connectivity index is 2.18. The van der Waals surface area contributed by atoms with Gasteiger partial charge in [0.15, 0.2) is 0 Å². The molecule has 0 saturated carbocycles. The number of fused-ring (bicyclic) bond motifs is 2.